The fourth-order valence-corrected chi connectivity index (χ4v) is 2.72. The Morgan fingerprint density at radius 2 is 1.86 bits per heavy atom. The number of carbonyl (C=O) groups is 2. The molecule has 1 aliphatic rings. The van der Waals surface area contributed by atoms with Crippen molar-refractivity contribution in [1.29, 1.82) is 0 Å². The highest BCUT2D eigenvalue weighted by molar-refractivity contribution is 5.91. The Morgan fingerprint density at radius 3 is 2.57 bits per heavy atom. The standard InChI is InChI=1S/C15H17N3O3/c19-14(16-12-6-8-17(9-7-12)15(20)21)18-10-5-11-3-1-2-4-13(11)18/h1-5,10,12H,6-9H2,(H,16,19)(H,20,21). The smallest absolute Gasteiger partial charge is 0.407 e. The number of likely N-dealkylation sites (tertiary alicyclic amines) is 1. The highest BCUT2D eigenvalue weighted by Gasteiger charge is 2.23. The summed E-state index contributed by atoms with van der Waals surface area (Å²) >= 11 is 0. The van der Waals surface area contributed by atoms with Crippen LogP contribution in [0.4, 0.5) is 9.59 Å². The third-order valence-electron chi connectivity index (χ3n) is 3.91. The van der Waals surface area contributed by atoms with Gasteiger partial charge in [-0.1, -0.05) is 18.2 Å². The van der Waals surface area contributed by atoms with Crippen LogP contribution >= 0.6 is 0 Å². The first-order chi connectivity index (χ1) is 10.1. The molecule has 2 heterocycles. The van der Waals surface area contributed by atoms with Crippen LogP contribution in [-0.4, -0.2) is 45.8 Å². The lowest BCUT2D eigenvalue weighted by molar-refractivity contribution is 0.130. The van der Waals surface area contributed by atoms with E-state index in [1.165, 1.54) is 4.90 Å². The second kappa shape index (κ2) is 5.47. The number of rotatable bonds is 1. The molecule has 110 valence electrons. The van der Waals surface area contributed by atoms with Gasteiger partial charge in [0, 0.05) is 30.7 Å². The van der Waals surface area contributed by atoms with E-state index in [9.17, 15) is 9.59 Å². The summed E-state index contributed by atoms with van der Waals surface area (Å²) < 4.78 is 1.60. The van der Waals surface area contributed by atoms with Crippen molar-refractivity contribution in [2.45, 2.75) is 18.9 Å². The third kappa shape index (κ3) is 2.69. The monoisotopic (exact) mass is 287 g/mol. The molecule has 0 bridgehead atoms. The Labute approximate surface area is 122 Å². The molecule has 1 aromatic carbocycles. The average Bonchev–Trinajstić information content (AvgIpc) is 2.92. The predicted molar refractivity (Wildman–Crippen MR) is 78.5 cm³/mol. The Balaban J connectivity index is 1.66. The topological polar surface area (TPSA) is 74.6 Å². The number of nitrogens with one attached hydrogen (secondary N) is 1. The van der Waals surface area contributed by atoms with Gasteiger partial charge in [-0.15, -0.1) is 0 Å². The van der Waals surface area contributed by atoms with Crippen molar-refractivity contribution in [2.75, 3.05) is 13.1 Å². The Morgan fingerprint density at radius 1 is 1.14 bits per heavy atom. The van der Waals surface area contributed by atoms with Gasteiger partial charge in [0.2, 0.25) is 0 Å². The minimum Gasteiger partial charge on any atom is -0.465 e. The van der Waals surface area contributed by atoms with Crippen LogP contribution in [0.15, 0.2) is 36.5 Å². The molecule has 2 aromatic rings. The number of amides is 2. The van der Waals surface area contributed by atoms with E-state index in [0.717, 1.165) is 10.9 Å². The van der Waals surface area contributed by atoms with Crippen molar-refractivity contribution in [3.05, 3.63) is 36.5 Å². The van der Waals surface area contributed by atoms with Gasteiger partial charge in [-0.2, -0.15) is 0 Å². The molecule has 0 saturated carbocycles. The average molecular weight is 287 g/mol. The number of nitrogens with zero attached hydrogens (tertiary/aromatic N) is 2. The van der Waals surface area contributed by atoms with Crippen molar-refractivity contribution in [1.82, 2.24) is 14.8 Å². The number of para-hydroxylation sites is 1. The zero-order valence-corrected chi connectivity index (χ0v) is 11.5. The molecule has 1 aliphatic heterocycles. The zero-order chi connectivity index (χ0) is 14.8. The minimum atomic E-state index is -0.892. The van der Waals surface area contributed by atoms with Gasteiger partial charge in [-0.25, -0.2) is 9.59 Å². The van der Waals surface area contributed by atoms with Crippen LogP contribution < -0.4 is 5.32 Å². The number of piperidine rings is 1. The largest absolute Gasteiger partial charge is 0.465 e. The quantitative estimate of drug-likeness (QED) is 0.845. The van der Waals surface area contributed by atoms with Gasteiger partial charge in [-0.05, 0) is 25.0 Å². The second-order valence-corrected chi connectivity index (χ2v) is 5.24. The second-order valence-electron chi connectivity index (χ2n) is 5.24. The van der Waals surface area contributed by atoms with E-state index in [1.54, 1.807) is 10.8 Å². The van der Waals surface area contributed by atoms with Crippen molar-refractivity contribution in [3.8, 4) is 0 Å². The molecule has 1 saturated heterocycles. The van der Waals surface area contributed by atoms with E-state index in [0.29, 0.717) is 25.9 Å². The molecule has 2 amide bonds. The molecule has 0 unspecified atom stereocenters. The van der Waals surface area contributed by atoms with Crippen LogP contribution in [0.2, 0.25) is 0 Å². The van der Waals surface area contributed by atoms with Gasteiger partial charge in [-0.3, -0.25) is 4.57 Å². The molecular weight excluding hydrogens is 270 g/mol. The van der Waals surface area contributed by atoms with Crippen LogP contribution in [0.1, 0.15) is 12.8 Å². The van der Waals surface area contributed by atoms with E-state index in [1.807, 2.05) is 30.3 Å². The molecule has 6 nitrogen and oxygen atoms in total. The van der Waals surface area contributed by atoms with Crippen molar-refractivity contribution in [3.63, 3.8) is 0 Å². The summed E-state index contributed by atoms with van der Waals surface area (Å²) in [7, 11) is 0. The summed E-state index contributed by atoms with van der Waals surface area (Å²) in [5, 5.41) is 12.9. The van der Waals surface area contributed by atoms with Crippen LogP contribution in [-0.2, 0) is 0 Å². The van der Waals surface area contributed by atoms with Crippen molar-refractivity contribution >= 4 is 23.0 Å². The zero-order valence-electron chi connectivity index (χ0n) is 11.5. The SMILES string of the molecule is O=C(O)N1CCC(NC(=O)n2ccc3ccccc32)CC1. The number of aromatic nitrogens is 1. The number of carbonyl (C=O) groups excluding carboxylic acids is 1. The maximum absolute atomic E-state index is 12.3. The number of hydrogen-bond acceptors (Lipinski definition) is 2. The summed E-state index contributed by atoms with van der Waals surface area (Å²) in [6.45, 7) is 0.930. The first kappa shape index (κ1) is 13.5. The number of benzene rings is 1. The fourth-order valence-electron chi connectivity index (χ4n) is 2.72. The maximum Gasteiger partial charge on any atom is 0.407 e. The van der Waals surface area contributed by atoms with E-state index in [2.05, 4.69) is 5.32 Å². The highest BCUT2D eigenvalue weighted by atomic mass is 16.4. The molecule has 3 rings (SSSR count). The molecule has 0 aliphatic carbocycles. The number of hydrogen-bond donors (Lipinski definition) is 2. The van der Waals surface area contributed by atoms with Gasteiger partial charge in [0.25, 0.3) is 0 Å². The summed E-state index contributed by atoms with van der Waals surface area (Å²) in [5.41, 5.74) is 0.873. The van der Waals surface area contributed by atoms with Crippen LogP contribution in [0, 0.1) is 0 Å². The molecule has 0 spiro atoms. The summed E-state index contributed by atoms with van der Waals surface area (Å²) in [5.74, 6) is 0. The van der Waals surface area contributed by atoms with E-state index >= 15 is 0 Å². The third-order valence-corrected chi connectivity index (χ3v) is 3.91. The molecule has 0 atom stereocenters. The van der Waals surface area contributed by atoms with E-state index in [4.69, 9.17) is 5.11 Å². The lowest BCUT2D eigenvalue weighted by Crippen LogP contribution is -2.47. The van der Waals surface area contributed by atoms with Gasteiger partial charge in [0.15, 0.2) is 0 Å². The summed E-state index contributed by atoms with van der Waals surface area (Å²) in [6.07, 6.45) is 2.16. The van der Waals surface area contributed by atoms with Crippen LogP contribution in [0.25, 0.3) is 10.9 Å². The summed E-state index contributed by atoms with van der Waals surface area (Å²) in [4.78, 5) is 24.6. The Bertz CT molecular complexity index is 672. The number of carboxylic acid groups (broad SMARTS) is 1. The van der Waals surface area contributed by atoms with Crippen molar-refractivity contribution < 1.29 is 14.7 Å². The first-order valence-corrected chi connectivity index (χ1v) is 7.00. The highest BCUT2D eigenvalue weighted by Crippen LogP contribution is 2.16. The van der Waals surface area contributed by atoms with Crippen LogP contribution in [0.5, 0.6) is 0 Å². The van der Waals surface area contributed by atoms with Gasteiger partial charge < -0.3 is 15.3 Å². The van der Waals surface area contributed by atoms with Gasteiger partial charge >= 0.3 is 12.1 Å². The van der Waals surface area contributed by atoms with Crippen molar-refractivity contribution in [2.24, 2.45) is 0 Å². The molecule has 1 fully saturated rings. The molecule has 21 heavy (non-hydrogen) atoms. The maximum atomic E-state index is 12.3. The Kier molecular flexibility index (Phi) is 3.51. The molecule has 0 radical (unpaired) electrons. The Hall–Kier alpha value is -2.50. The van der Waals surface area contributed by atoms with E-state index in [-0.39, 0.29) is 12.1 Å². The normalized spacial score (nSPS) is 16.1. The number of fused-ring (bicyclic) bond motifs is 1. The fraction of sp³-hybridized carbons (Fsp3) is 0.333. The molecule has 2 N–H and O–H groups in total. The lowest BCUT2D eigenvalue weighted by Gasteiger charge is -2.30. The molecule has 1 aromatic heterocycles. The lowest BCUT2D eigenvalue weighted by atomic mass is 10.1. The van der Waals surface area contributed by atoms with E-state index < -0.39 is 6.09 Å². The minimum absolute atomic E-state index is 0.0225. The van der Waals surface area contributed by atoms with Gasteiger partial charge in [0.05, 0.1) is 5.52 Å². The van der Waals surface area contributed by atoms with Gasteiger partial charge in [0.1, 0.15) is 0 Å². The molecular formula is C15H17N3O3. The predicted octanol–water partition coefficient (Wildman–Crippen LogP) is 2.34. The molecule has 6 heteroatoms. The van der Waals surface area contributed by atoms with Crippen LogP contribution in [0.3, 0.4) is 0 Å². The summed E-state index contributed by atoms with van der Waals surface area (Å²) in [6, 6.07) is 9.47. The first-order valence-electron chi connectivity index (χ1n) is 7.00.